The molecule has 2 N–H and O–H groups in total. The van der Waals surface area contributed by atoms with Crippen LogP contribution in [0.3, 0.4) is 0 Å². The smallest absolute Gasteiger partial charge is 0.325 e. The summed E-state index contributed by atoms with van der Waals surface area (Å²) in [4.78, 5) is 39.4. The average molecular weight is 439 g/mol. The standard InChI is InChI=1S/C24H26FN3O4/c1-16-4-6-17(7-5-16)21(29)26-19-3-2-12-24(15-19)22(30)28(23(31)27-24)13-14-32-20-10-8-18(25)9-11-20/h4-11,19H,2-3,12-15H2,1H3,(H,26,29)(H,27,31). The first-order chi connectivity index (χ1) is 15.4. The normalized spacial score (nSPS) is 22.7. The van der Waals surface area contributed by atoms with E-state index in [1.54, 1.807) is 12.1 Å². The zero-order chi connectivity index (χ0) is 22.7. The quantitative estimate of drug-likeness (QED) is 0.677. The number of urea groups is 1. The number of hydrogen-bond donors (Lipinski definition) is 2. The van der Waals surface area contributed by atoms with Gasteiger partial charge in [0, 0.05) is 11.6 Å². The number of amides is 4. The van der Waals surface area contributed by atoms with Crippen molar-refractivity contribution in [3.8, 4) is 5.75 Å². The molecule has 4 rings (SSSR count). The molecule has 1 spiro atoms. The van der Waals surface area contributed by atoms with Gasteiger partial charge in [-0.25, -0.2) is 9.18 Å². The summed E-state index contributed by atoms with van der Waals surface area (Å²) in [5, 5.41) is 5.87. The lowest BCUT2D eigenvalue weighted by molar-refractivity contribution is -0.132. The third-order valence-electron chi connectivity index (χ3n) is 6.04. The van der Waals surface area contributed by atoms with Crippen molar-refractivity contribution in [2.45, 2.75) is 44.2 Å². The van der Waals surface area contributed by atoms with Gasteiger partial charge in [0.2, 0.25) is 0 Å². The van der Waals surface area contributed by atoms with Crippen LogP contribution in [0.2, 0.25) is 0 Å². The van der Waals surface area contributed by atoms with Gasteiger partial charge < -0.3 is 15.4 Å². The zero-order valence-electron chi connectivity index (χ0n) is 17.9. The Morgan fingerprint density at radius 2 is 1.91 bits per heavy atom. The Morgan fingerprint density at radius 3 is 2.62 bits per heavy atom. The van der Waals surface area contributed by atoms with Gasteiger partial charge in [-0.2, -0.15) is 0 Å². The number of hydrogen-bond acceptors (Lipinski definition) is 4. The molecule has 0 radical (unpaired) electrons. The highest BCUT2D eigenvalue weighted by Crippen LogP contribution is 2.34. The van der Waals surface area contributed by atoms with Crippen molar-refractivity contribution >= 4 is 17.8 Å². The molecule has 2 unspecified atom stereocenters. The first kappa shape index (κ1) is 21.8. The van der Waals surface area contributed by atoms with Gasteiger partial charge in [0.15, 0.2) is 0 Å². The second-order valence-electron chi connectivity index (χ2n) is 8.40. The van der Waals surface area contributed by atoms with Gasteiger partial charge in [0.05, 0.1) is 6.54 Å². The molecule has 7 nitrogen and oxygen atoms in total. The number of carbonyl (C=O) groups is 3. The van der Waals surface area contributed by atoms with Gasteiger partial charge in [-0.15, -0.1) is 0 Å². The Balaban J connectivity index is 1.35. The highest BCUT2D eigenvalue weighted by Gasteiger charge is 2.53. The molecule has 2 fully saturated rings. The molecular formula is C24H26FN3O4. The fraction of sp³-hybridized carbons (Fsp3) is 0.375. The SMILES string of the molecule is Cc1ccc(C(=O)NC2CCCC3(C2)NC(=O)N(CCOc2ccc(F)cc2)C3=O)cc1. The molecule has 4 amide bonds. The zero-order valence-corrected chi connectivity index (χ0v) is 17.9. The van der Waals surface area contributed by atoms with Crippen LogP contribution in [0.15, 0.2) is 48.5 Å². The second-order valence-corrected chi connectivity index (χ2v) is 8.40. The van der Waals surface area contributed by atoms with E-state index >= 15 is 0 Å². The van der Waals surface area contributed by atoms with E-state index in [0.29, 0.717) is 30.6 Å². The Kier molecular flexibility index (Phi) is 6.12. The average Bonchev–Trinajstić information content (AvgIpc) is 2.99. The highest BCUT2D eigenvalue weighted by atomic mass is 19.1. The first-order valence-electron chi connectivity index (χ1n) is 10.8. The number of benzene rings is 2. The topological polar surface area (TPSA) is 87.7 Å². The predicted molar refractivity (Wildman–Crippen MR) is 116 cm³/mol. The van der Waals surface area contributed by atoms with Crippen molar-refractivity contribution in [1.82, 2.24) is 15.5 Å². The van der Waals surface area contributed by atoms with Crippen LogP contribution in [0.4, 0.5) is 9.18 Å². The summed E-state index contributed by atoms with van der Waals surface area (Å²) in [6.45, 7) is 2.15. The molecule has 1 aliphatic carbocycles. The lowest BCUT2D eigenvalue weighted by Crippen LogP contribution is -2.55. The van der Waals surface area contributed by atoms with Crippen LogP contribution in [0, 0.1) is 12.7 Å². The van der Waals surface area contributed by atoms with E-state index in [1.165, 1.54) is 24.3 Å². The molecule has 1 heterocycles. The Labute approximate surface area is 185 Å². The molecule has 2 aliphatic rings. The first-order valence-corrected chi connectivity index (χ1v) is 10.8. The third kappa shape index (κ3) is 4.59. The number of halogens is 1. The van der Waals surface area contributed by atoms with Crippen molar-refractivity contribution in [2.75, 3.05) is 13.2 Å². The van der Waals surface area contributed by atoms with Crippen LogP contribution in [0.25, 0.3) is 0 Å². The van der Waals surface area contributed by atoms with Crippen molar-refractivity contribution < 1.29 is 23.5 Å². The summed E-state index contributed by atoms with van der Waals surface area (Å²) in [6.07, 6.45) is 2.34. The summed E-state index contributed by atoms with van der Waals surface area (Å²) >= 11 is 0. The summed E-state index contributed by atoms with van der Waals surface area (Å²) in [7, 11) is 0. The number of aryl methyl sites for hydroxylation is 1. The van der Waals surface area contributed by atoms with Crippen LogP contribution in [-0.2, 0) is 4.79 Å². The number of nitrogens with zero attached hydrogens (tertiary/aromatic N) is 1. The second kappa shape index (κ2) is 8.98. The van der Waals surface area contributed by atoms with E-state index in [-0.39, 0.29) is 36.8 Å². The minimum Gasteiger partial charge on any atom is -0.492 e. The summed E-state index contributed by atoms with van der Waals surface area (Å²) in [5.41, 5.74) is 0.633. The van der Waals surface area contributed by atoms with E-state index in [9.17, 15) is 18.8 Å². The van der Waals surface area contributed by atoms with E-state index < -0.39 is 11.6 Å². The Morgan fingerprint density at radius 1 is 1.19 bits per heavy atom. The third-order valence-corrected chi connectivity index (χ3v) is 6.04. The van der Waals surface area contributed by atoms with Gasteiger partial charge >= 0.3 is 6.03 Å². The van der Waals surface area contributed by atoms with Crippen molar-refractivity contribution in [3.05, 3.63) is 65.5 Å². The minimum atomic E-state index is -1.00. The number of carbonyl (C=O) groups excluding carboxylic acids is 3. The maximum absolute atomic E-state index is 13.1. The summed E-state index contributed by atoms with van der Waals surface area (Å²) in [5.74, 6) is -0.382. The van der Waals surface area contributed by atoms with Crippen LogP contribution in [0.1, 0.15) is 41.6 Å². The number of ether oxygens (including phenoxy) is 1. The minimum absolute atomic E-state index is 0.0875. The molecule has 2 aromatic rings. The molecule has 8 heteroatoms. The van der Waals surface area contributed by atoms with E-state index in [1.807, 2.05) is 19.1 Å². The van der Waals surface area contributed by atoms with Gasteiger partial charge in [-0.05, 0) is 69.0 Å². The van der Waals surface area contributed by atoms with E-state index in [0.717, 1.165) is 16.9 Å². The maximum Gasteiger partial charge on any atom is 0.325 e. The molecule has 2 atom stereocenters. The van der Waals surface area contributed by atoms with Gasteiger partial charge in [-0.3, -0.25) is 14.5 Å². The van der Waals surface area contributed by atoms with E-state index in [2.05, 4.69) is 10.6 Å². The monoisotopic (exact) mass is 439 g/mol. The molecule has 32 heavy (non-hydrogen) atoms. The molecule has 1 saturated heterocycles. The Bertz CT molecular complexity index is 1010. The fourth-order valence-corrected chi connectivity index (χ4v) is 4.34. The largest absolute Gasteiger partial charge is 0.492 e. The van der Waals surface area contributed by atoms with Gasteiger partial charge in [0.1, 0.15) is 23.7 Å². The molecule has 0 bridgehead atoms. The molecule has 1 saturated carbocycles. The van der Waals surface area contributed by atoms with Crippen LogP contribution < -0.4 is 15.4 Å². The molecule has 0 aromatic heterocycles. The lowest BCUT2D eigenvalue weighted by Gasteiger charge is -2.36. The fourth-order valence-electron chi connectivity index (χ4n) is 4.34. The highest BCUT2D eigenvalue weighted by molar-refractivity contribution is 6.07. The summed E-state index contributed by atoms with van der Waals surface area (Å²) < 4.78 is 18.5. The van der Waals surface area contributed by atoms with Crippen molar-refractivity contribution in [1.29, 1.82) is 0 Å². The Hall–Kier alpha value is -3.42. The predicted octanol–water partition coefficient (Wildman–Crippen LogP) is 3.18. The van der Waals surface area contributed by atoms with Gasteiger partial charge in [0.25, 0.3) is 11.8 Å². The number of imide groups is 1. The number of nitrogens with one attached hydrogen (secondary N) is 2. The van der Waals surface area contributed by atoms with Crippen molar-refractivity contribution in [2.24, 2.45) is 0 Å². The summed E-state index contributed by atoms with van der Waals surface area (Å²) in [6, 6.07) is 12.2. The molecule has 2 aromatic carbocycles. The lowest BCUT2D eigenvalue weighted by atomic mass is 9.78. The van der Waals surface area contributed by atoms with E-state index in [4.69, 9.17) is 4.74 Å². The molecular weight excluding hydrogens is 413 g/mol. The van der Waals surface area contributed by atoms with Crippen LogP contribution in [0.5, 0.6) is 5.75 Å². The molecule has 168 valence electrons. The van der Waals surface area contributed by atoms with Crippen LogP contribution >= 0.6 is 0 Å². The van der Waals surface area contributed by atoms with Crippen LogP contribution in [-0.4, -0.2) is 47.5 Å². The van der Waals surface area contributed by atoms with Gasteiger partial charge in [-0.1, -0.05) is 17.7 Å². The number of rotatable bonds is 6. The molecule has 1 aliphatic heterocycles. The van der Waals surface area contributed by atoms with Crippen molar-refractivity contribution in [3.63, 3.8) is 0 Å². The maximum atomic E-state index is 13.1.